The molecule has 39 heavy (non-hydrogen) atoms. The number of nitrogens with one attached hydrogen (secondary N) is 2. The molecule has 198 valence electrons. The van der Waals surface area contributed by atoms with Crippen LogP contribution in [0.1, 0.15) is 33.7 Å². The summed E-state index contributed by atoms with van der Waals surface area (Å²) >= 11 is 3.61. The summed E-state index contributed by atoms with van der Waals surface area (Å²) < 4.78 is 7.65. The van der Waals surface area contributed by atoms with Gasteiger partial charge in [-0.3, -0.25) is 0 Å². The molecule has 0 bridgehead atoms. The fourth-order valence-electron chi connectivity index (χ4n) is 5.64. The lowest BCUT2D eigenvalue weighted by atomic mass is 9.78. The molecular weight excluding hydrogens is 552 g/mol. The third-order valence-corrected chi connectivity index (χ3v) is 7.94. The lowest BCUT2D eigenvalue weighted by molar-refractivity contribution is 0.291. The molecule has 0 unspecified atom stereocenters. The normalized spacial score (nSPS) is 12.9. The van der Waals surface area contributed by atoms with Crippen molar-refractivity contribution in [1.29, 1.82) is 0 Å². The van der Waals surface area contributed by atoms with Gasteiger partial charge in [0.05, 0.1) is 13.2 Å². The van der Waals surface area contributed by atoms with Crippen LogP contribution in [0.5, 0.6) is 11.5 Å². The summed E-state index contributed by atoms with van der Waals surface area (Å²) in [5.41, 5.74) is 5.94. The number of fused-ring (bicyclic) bond motifs is 6. The van der Waals surface area contributed by atoms with Crippen LogP contribution in [-0.4, -0.2) is 36.5 Å². The van der Waals surface area contributed by atoms with Crippen LogP contribution in [0, 0.1) is 0 Å². The van der Waals surface area contributed by atoms with E-state index in [4.69, 9.17) is 14.9 Å². The highest BCUT2D eigenvalue weighted by molar-refractivity contribution is 9.10. The molecule has 4 N–H and O–H groups in total. The van der Waals surface area contributed by atoms with Crippen molar-refractivity contribution in [2.45, 2.75) is 19.0 Å². The molecule has 0 saturated carbocycles. The first-order valence-electron chi connectivity index (χ1n) is 13.3. The molecule has 0 amide bonds. The first kappa shape index (κ1) is 26.0. The number of hydrogen-bond acceptors (Lipinski definition) is 5. The Kier molecular flexibility index (Phi) is 7.64. The Morgan fingerprint density at radius 1 is 0.641 bits per heavy atom. The van der Waals surface area contributed by atoms with Crippen LogP contribution in [0.25, 0.3) is 21.5 Å². The Hall–Kier alpha value is -3.26. The van der Waals surface area contributed by atoms with Crippen LogP contribution in [-0.2, 0) is 13.1 Å². The maximum Gasteiger partial charge on any atom is 0.132 e. The van der Waals surface area contributed by atoms with Gasteiger partial charge in [-0.05, 0) is 74.6 Å². The Morgan fingerprint density at radius 3 is 1.64 bits per heavy atom. The fraction of sp³-hybridized carbons (Fsp3) is 0.212. The molecular formula is C33H31BrN2O3. The fourth-order valence-corrected chi connectivity index (χ4v) is 5.90. The molecule has 0 atom stereocenters. The van der Waals surface area contributed by atoms with E-state index in [0.29, 0.717) is 26.2 Å². The zero-order valence-corrected chi connectivity index (χ0v) is 23.2. The van der Waals surface area contributed by atoms with Crippen molar-refractivity contribution < 1.29 is 14.9 Å². The van der Waals surface area contributed by atoms with E-state index in [-0.39, 0.29) is 19.1 Å². The SMILES string of the molecule is OCCNCc1ccc2c3c(ccc2c1)Oc1ccc2cc(CNCCO)ccc2c1C3c1ccc(Br)cc1. The van der Waals surface area contributed by atoms with Crippen LogP contribution >= 0.6 is 15.9 Å². The van der Waals surface area contributed by atoms with Gasteiger partial charge in [0.2, 0.25) is 0 Å². The second-order valence-electron chi connectivity index (χ2n) is 9.95. The summed E-state index contributed by atoms with van der Waals surface area (Å²) in [5.74, 6) is 1.78. The standard InChI is InChI=1S/C33H31BrN2O3/c34-26-7-3-23(4-8-26)31-32-27-9-1-21(19-35-13-15-37)17-24(27)5-11-29(32)39-30-12-6-25-18-22(20-36-14-16-38)2-10-28(25)33(30)31/h1-12,17-18,31,35-38H,13-16,19-20H2. The van der Waals surface area contributed by atoms with E-state index < -0.39 is 0 Å². The number of rotatable bonds is 9. The molecule has 0 radical (unpaired) electrons. The molecule has 1 aliphatic heterocycles. The molecule has 0 saturated heterocycles. The van der Waals surface area contributed by atoms with Crippen molar-refractivity contribution in [1.82, 2.24) is 10.6 Å². The number of hydrogen-bond donors (Lipinski definition) is 4. The van der Waals surface area contributed by atoms with Crippen molar-refractivity contribution in [2.75, 3.05) is 26.3 Å². The molecule has 1 aliphatic rings. The van der Waals surface area contributed by atoms with Gasteiger partial charge < -0.3 is 25.6 Å². The largest absolute Gasteiger partial charge is 0.457 e. The summed E-state index contributed by atoms with van der Waals surface area (Å²) in [5, 5.41) is 29.5. The minimum absolute atomic E-state index is 0.000905. The van der Waals surface area contributed by atoms with E-state index in [1.165, 1.54) is 49.4 Å². The summed E-state index contributed by atoms with van der Waals surface area (Å²) in [7, 11) is 0. The van der Waals surface area contributed by atoms with Gasteiger partial charge in [0, 0.05) is 47.7 Å². The average molecular weight is 584 g/mol. The first-order chi connectivity index (χ1) is 19.2. The van der Waals surface area contributed by atoms with Gasteiger partial charge in [0.1, 0.15) is 11.5 Å². The number of halogens is 1. The van der Waals surface area contributed by atoms with Gasteiger partial charge in [0.15, 0.2) is 0 Å². The van der Waals surface area contributed by atoms with Gasteiger partial charge in [0.25, 0.3) is 0 Å². The van der Waals surface area contributed by atoms with Gasteiger partial charge in [-0.2, -0.15) is 0 Å². The molecule has 0 aromatic heterocycles. The van der Waals surface area contributed by atoms with E-state index >= 15 is 0 Å². The summed E-state index contributed by atoms with van der Waals surface area (Å²) in [6.45, 7) is 2.82. The molecule has 0 spiro atoms. The summed E-state index contributed by atoms with van der Waals surface area (Å²) in [6.07, 6.45) is 0. The Morgan fingerprint density at radius 2 is 1.15 bits per heavy atom. The van der Waals surface area contributed by atoms with Crippen LogP contribution in [0.15, 0.2) is 89.4 Å². The van der Waals surface area contributed by atoms with Crippen LogP contribution in [0.4, 0.5) is 0 Å². The number of aliphatic hydroxyl groups excluding tert-OH is 2. The van der Waals surface area contributed by atoms with Crippen LogP contribution in [0.2, 0.25) is 0 Å². The molecule has 1 heterocycles. The lowest BCUT2D eigenvalue weighted by Crippen LogP contribution is -2.17. The molecule has 6 heteroatoms. The molecule has 5 nitrogen and oxygen atoms in total. The van der Waals surface area contributed by atoms with E-state index in [1.807, 2.05) is 0 Å². The zero-order chi connectivity index (χ0) is 26.8. The smallest absolute Gasteiger partial charge is 0.132 e. The highest BCUT2D eigenvalue weighted by atomic mass is 79.9. The van der Waals surface area contributed by atoms with Gasteiger partial charge >= 0.3 is 0 Å². The Balaban J connectivity index is 1.51. The highest BCUT2D eigenvalue weighted by Gasteiger charge is 2.32. The highest BCUT2D eigenvalue weighted by Crippen LogP contribution is 2.52. The molecule has 0 fully saturated rings. The van der Waals surface area contributed by atoms with E-state index in [0.717, 1.165) is 16.0 Å². The van der Waals surface area contributed by atoms with E-state index in [1.54, 1.807) is 0 Å². The average Bonchev–Trinajstić information content (AvgIpc) is 2.96. The first-order valence-corrected chi connectivity index (χ1v) is 14.1. The monoisotopic (exact) mass is 582 g/mol. The van der Waals surface area contributed by atoms with Crippen LogP contribution in [0.3, 0.4) is 0 Å². The van der Waals surface area contributed by atoms with E-state index in [2.05, 4.69) is 111 Å². The van der Waals surface area contributed by atoms with Crippen molar-refractivity contribution in [2.24, 2.45) is 0 Å². The quantitative estimate of drug-likeness (QED) is 0.153. The van der Waals surface area contributed by atoms with Gasteiger partial charge in [-0.25, -0.2) is 0 Å². The molecule has 0 aliphatic carbocycles. The third kappa shape index (κ3) is 5.19. The van der Waals surface area contributed by atoms with Crippen molar-refractivity contribution in [3.8, 4) is 11.5 Å². The zero-order valence-electron chi connectivity index (χ0n) is 21.6. The maximum atomic E-state index is 9.13. The van der Waals surface area contributed by atoms with Gasteiger partial charge in [-0.15, -0.1) is 0 Å². The Bertz CT molecular complexity index is 1540. The third-order valence-electron chi connectivity index (χ3n) is 7.41. The second-order valence-corrected chi connectivity index (χ2v) is 10.9. The van der Waals surface area contributed by atoms with Crippen molar-refractivity contribution >= 4 is 37.5 Å². The topological polar surface area (TPSA) is 73.8 Å². The summed E-state index contributed by atoms with van der Waals surface area (Å²) in [4.78, 5) is 0. The predicted octanol–water partition coefficient (Wildman–Crippen LogP) is 6.21. The predicted molar refractivity (Wildman–Crippen MR) is 161 cm³/mol. The number of aliphatic hydroxyl groups is 2. The Labute approximate surface area is 236 Å². The molecule has 5 aromatic rings. The van der Waals surface area contributed by atoms with Crippen LogP contribution < -0.4 is 15.4 Å². The number of ether oxygens (including phenoxy) is 1. The van der Waals surface area contributed by atoms with Crippen molar-refractivity contribution in [3.05, 3.63) is 117 Å². The van der Waals surface area contributed by atoms with E-state index in [9.17, 15) is 0 Å². The maximum absolute atomic E-state index is 9.13. The van der Waals surface area contributed by atoms with Gasteiger partial charge in [-0.1, -0.05) is 64.5 Å². The van der Waals surface area contributed by atoms with Crippen molar-refractivity contribution in [3.63, 3.8) is 0 Å². The lowest BCUT2D eigenvalue weighted by Gasteiger charge is -2.31. The minimum Gasteiger partial charge on any atom is -0.457 e. The second kappa shape index (κ2) is 11.5. The number of benzene rings is 5. The summed E-state index contributed by atoms with van der Waals surface area (Å²) in [6, 6.07) is 30.3. The molecule has 5 aromatic carbocycles. The molecule has 6 rings (SSSR count). The minimum atomic E-state index is 0.000905.